The molecular formula is C51H32N2. The van der Waals surface area contributed by atoms with Crippen molar-refractivity contribution in [1.82, 2.24) is 4.98 Å². The Morgan fingerprint density at radius 1 is 0.415 bits per heavy atom. The Morgan fingerprint density at radius 2 is 1.06 bits per heavy atom. The molecule has 246 valence electrons. The first-order chi connectivity index (χ1) is 26.2. The van der Waals surface area contributed by atoms with Gasteiger partial charge in [-0.3, -0.25) is 4.98 Å². The predicted molar refractivity (Wildman–Crippen MR) is 219 cm³/mol. The molecule has 10 rings (SSSR count). The molecule has 53 heavy (non-hydrogen) atoms. The predicted octanol–water partition coefficient (Wildman–Crippen LogP) is 13.3. The minimum atomic E-state index is -0.579. The number of hydrogen-bond acceptors (Lipinski definition) is 1. The summed E-state index contributed by atoms with van der Waals surface area (Å²) >= 11 is 0. The number of benzene rings is 8. The maximum atomic E-state index is 7.55. The monoisotopic (exact) mass is 672 g/mol. The smallest absolute Gasteiger partial charge is 0.205 e. The minimum Gasteiger partial charge on any atom is -0.276 e. The summed E-state index contributed by atoms with van der Waals surface area (Å²) in [6.45, 7) is 7.55. The van der Waals surface area contributed by atoms with Gasteiger partial charge in [0, 0.05) is 12.4 Å². The molecule has 0 radical (unpaired) electrons. The van der Waals surface area contributed by atoms with E-state index in [1.165, 1.54) is 71.6 Å². The number of nitrogens with zero attached hydrogens (tertiary/aromatic N) is 2. The van der Waals surface area contributed by atoms with Crippen molar-refractivity contribution in [3.05, 3.63) is 228 Å². The Morgan fingerprint density at radius 3 is 1.83 bits per heavy atom. The van der Waals surface area contributed by atoms with Gasteiger partial charge in [0.1, 0.15) is 0 Å². The van der Waals surface area contributed by atoms with Gasteiger partial charge in [0.2, 0.25) is 5.69 Å². The number of fused-ring (bicyclic) bond motifs is 6. The van der Waals surface area contributed by atoms with E-state index >= 15 is 0 Å². The van der Waals surface area contributed by atoms with Gasteiger partial charge in [-0.1, -0.05) is 152 Å². The fraction of sp³-hybridized carbons (Fsp3) is 0.0196. The molecule has 1 aromatic heterocycles. The maximum absolute atomic E-state index is 7.55. The molecule has 0 aliphatic heterocycles. The van der Waals surface area contributed by atoms with Crippen molar-refractivity contribution < 1.29 is 0 Å². The van der Waals surface area contributed by atoms with Crippen LogP contribution in [0.1, 0.15) is 22.3 Å². The molecular weight excluding hydrogens is 641 g/mol. The van der Waals surface area contributed by atoms with Gasteiger partial charge < -0.3 is 0 Å². The molecule has 1 aliphatic carbocycles. The van der Waals surface area contributed by atoms with Crippen LogP contribution in [0.3, 0.4) is 0 Å². The van der Waals surface area contributed by atoms with Crippen molar-refractivity contribution in [3.63, 3.8) is 0 Å². The standard InChI is InChI=1S/C51H32N2/c1-52-43-29-40(32-53-33-43)36-15-12-16-39(28-36)47-31-49-50(45-22-11-10-21-44(45)47)46-26-25-38(37-24-23-34-13-8-9-14-35(34)27-37)30-48(46)51(49,41-17-4-2-5-18-41)42-19-6-3-7-20-42/h2-33H. The highest BCUT2D eigenvalue weighted by molar-refractivity contribution is 6.10. The summed E-state index contributed by atoms with van der Waals surface area (Å²) in [6, 6.07) is 66.5. The highest BCUT2D eigenvalue weighted by Gasteiger charge is 2.47. The van der Waals surface area contributed by atoms with Crippen molar-refractivity contribution in [2.24, 2.45) is 0 Å². The summed E-state index contributed by atoms with van der Waals surface area (Å²) in [5.74, 6) is 0. The lowest BCUT2D eigenvalue weighted by Crippen LogP contribution is -2.28. The molecule has 0 atom stereocenters. The topological polar surface area (TPSA) is 17.2 Å². The average molecular weight is 673 g/mol. The molecule has 2 heteroatoms. The maximum Gasteiger partial charge on any atom is 0.205 e. The lowest BCUT2D eigenvalue weighted by Gasteiger charge is -2.34. The molecule has 0 amide bonds. The molecule has 0 unspecified atom stereocenters. The number of pyridine rings is 1. The highest BCUT2D eigenvalue weighted by atomic mass is 14.7. The Labute approximate surface area is 309 Å². The van der Waals surface area contributed by atoms with E-state index in [9.17, 15) is 0 Å². The van der Waals surface area contributed by atoms with Crippen molar-refractivity contribution >= 4 is 27.2 Å². The normalized spacial score (nSPS) is 12.7. The van der Waals surface area contributed by atoms with E-state index in [1.54, 1.807) is 6.20 Å². The average Bonchev–Trinajstić information content (AvgIpc) is 3.54. The number of hydrogen-bond donors (Lipinski definition) is 0. The van der Waals surface area contributed by atoms with E-state index in [2.05, 4.69) is 186 Å². The van der Waals surface area contributed by atoms with Crippen LogP contribution in [0.25, 0.3) is 70.9 Å². The second-order valence-corrected chi connectivity index (χ2v) is 13.8. The highest BCUT2D eigenvalue weighted by Crippen LogP contribution is 2.59. The fourth-order valence-corrected chi connectivity index (χ4v) is 8.64. The SMILES string of the molecule is [C-]#[N+]c1cncc(-c2cccc(-c3cc4c(c5ccccc35)-c3ccc(-c5ccc6ccccc6c5)cc3C4(c3ccccc3)c3ccccc3)c2)c1. The van der Waals surface area contributed by atoms with Gasteiger partial charge in [0.15, 0.2) is 0 Å². The molecule has 0 saturated heterocycles. The van der Waals surface area contributed by atoms with Crippen LogP contribution in [-0.4, -0.2) is 4.98 Å². The molecule has 0 fully saturated rings. The Kier molecular flexibility index (Phi) is 7.13. The van der Waals surface area contributed by atoms with E-state index in [1.807, 2.05) is 12.3 Å². The zero-order valence-corrected chi connectivity index (χ0v) is 28.9. The van der Waals surface area contributed by atoms with Crippen molar-refractivity contribution in [3.8, 4) is 44.5 Å². The van der Waals surface area contributed by atoms with Gasteiger partial charge in [0.05, 0.1) is 12.0 Å². The van der Waals surface area contributed by atoms with Crippen LogP contribution in [-0.2, 0) is 5.41 Å². The van der Waals surface area contributed by atoms with E-state index in [4.69, 9.17) is 6.57 Å². The molecule has 1 aliphatic rings. The summed E-state index contributed by atoms with van der Waals surface area (Å²) < 4.78 is 0. The van der Waals surface area contributed by atoms with Crippen molar-refractivity contribution in [2.75, 3.05) is 0 Å². The van der Waals surface area contributed by atoms with E-state index < -0.39 is 5.41 Å². The Hall–Kier alpha value is -7.08. The van der Waals surface area contributed by atoms with E-state index in [-0.39, 0.29) is 0 Å². The lowest BCUT2D eigenvalue weighted by atomic mass is 9.67. The van der Waals surface area contributed by atoms with Gasteiger partial charge in [-0.05, 0) is 119 Å². The fourth-order valence-electron chi connectivity index (χ4n) is 8.64. The molecule has 0 bridgehead atoms. The lowest BCUT2D eigenvalue weighted by molar-refractivity contribution is 0.769. The number of aromatic nitrogens is 1. The largest absolute Gasteiger partial charge is 0.276 e. The van der Waals surface area contributed by atoms with Gasteiger partial charge in [-0.15, -0.1) is 0 Å². The summed E-state index contributed by atoms with van der Waals surface area (Å²) in [5.41, 5.74) is 14.2. The zero-order chi connectivity index (χ0) is 35.4. The quantitative estimate of drug-likeness (QED) is 0.166. The van der Waals surface area contributed by atoms with Gasteiger partial charge >= 0.3 is 0 Å². The third-order valence-corrected chi connectivity index (χ3v) is 11.0. The molecule has 0 N–H and O–H groups in total. The number of rotatable bonds is 5. The van der Waals surface area contributed by atoms with Crippen molar-refractivity contribution in [1.29, 1.82) is 0 Å². The van der Waals surface area contributed by atoms with Crippen LogP contribution in [0.4, 0.5) is 5.69 Å². The third kappa shape index (κ3) is 4.83. The molecule has 0 spiro atoms. The molecule has 8 aromatic carbocycles. The van der Waals surface area contributed by atoms with Gasteiger partial charge in [-0.25, -0.2) is 4.85 Å². The first kappa shape index (κ1) is 30.7. The van der Waals surface area contributed by atoms with E-state index in [0.717, 1.165) is 16.7 Å². The zero-order valence-electron chi connectivity index (χ0n) is 28.9. The first-order valence-corrected chi connectivity index (χ1v) is 18.0. The van der Waals surface area contributed by atoms with Crippen LogP contribution >= 0.6 is 0 Å². The summed E-state index contributed by atoms with van der Waals surface area (Å²) in [5, 5.41) is 4.92. The van der Waals surface area contributed by atoms with E-state index in [0.29, 0.717) is 5.69 Å². The van der Waals surface area contributed by atoms with Gasteiger partial charge in [-0.2, -0.15) is 0 Å². The Bertz CT molecular complexity index is 2860. The van der Waals surface area contributed by atoms with Crippen LogP contribution in [0.5, 0.6) is 0 Å². The summed E-state index contributed by atoms with van der Waals surface area (Å²) in [6.07, 6.45) is 3.46. The van der Waals surface area contributed by atoms with Crippen LogP contribution in [0, 0.1) is 6.57 Å². The first-order valence-electron chi connectivity index (χ1n) is 18.0. The molecule has 2 nitrogen and oxygen atoms in total. The summed E-state index contributed by atoms with van der Waals surface area (Å²) in [7, 11) is 0. The minimum absolute atomic E-state index is 0.534. The molecule has 0 saturated carbocycles. The van der Waals surface area contributed by atoms with Crippen LogP contribution in [0.15, 0.2) is 194 Å². The summed E-state index contributed by atoms with van der Waals surface area (Å²) in [4.78, 5) is 8.01. The van der Waals surface area contributed by atoms with Crippen LogP contribution in [0.2, 0.25) is 0 Å². The molecule has 1 heterocycles. The van der Waals surface area contributed by atoms with Crippen LogP contribution < -0.4 is 0 Å². The van der Waals surface area contributed by atoms with Crippen molar-refractivity contribution in [2.45, 2.75) is 5.41 Å². The third-order valence-electron chi connectivity index (χ3n) is 11.0. The molecule has 9 aromatic rings. The Balaban J connectivity index is 1.29. The second kappa shape index (κ2) is 12.3. The second-order valence-electron chi connectivity index (χ2n) is 13.8. The van der Waals surface area contributed by atoms with Gasteiger partial charge in [0.25, 0.3) is 0 Å².